The predicted octanol–water partition coefficient (Wildman–Crippen LogP) is 1.43. The van der Waals surface area contributed by atoms with Crippen LogP contribution in [0.4, 0.5) is 11.5 Å². The van der Waals surface area contributed by atoms with Gasteiger partial charge in [-0.05, 0) is 49.2 Å². The van der Waals surface area contributed by atoms with Gasteiger partial charge in [0.2, 0.25) is 5.96 Å². The number of rotatable bonds is 3. The molecule has 7 nitrogen and oxygen atoms in total. The first-order valence-electron chi connectivity index (χ1n) is 8.26. The SMILES string of the molecule is CC1CN(S(=O)(=O)c2ccc3c(c2)CCN3c2cccn2C)C(N)=N1. The molecule has 2 N–H and O–H groups in total. The fraction of sp³-hybridized carbons (Fsp3) is 0.353. The first-order chi connectivity index (χ1) is 11.9. The van der Waals surface area contributed by atoms with Gasteiger partial charge in [0, 0.05) is 25.5 Å². The number of hydrogen-bond acceptors (Lipinski definition) is 5. The summed E-state index contributed by atoms with van der Waals surface area (Å²) in [5.74, 6) is 1.16. The van der Waals surface area contributed by atoms with Gasteiger partial charge in [-0.2, -0.15) is 0 Å². The molecule has 0 saturated carbocycles. The maximum Gasteiger partial charge on any atom is 0.266 e. The highest BCUT2D eigenvalue weighted by Crippen LogP contribution is 2.36. The van der Waals surface area contributed by atoms with E-state index in [1.54, 1.807) is 12.1 Å². The third-order valence-corrected chi connectivity index (χ3v) is 6.53. The minimum absolute atomic E-state index is 0.0680. The Bertz CT molecular complexity index is 963. The summed E-state index contributed by atoms with van der Waals surface area (Å²) in [5.41, 5.74) is 7.88. The lowest BCUT2D eigenvalue weighted by molar-refractivity contribution is 0.521. The van der Waals surface area contributed by atoms with Crippen molar-refractivity contribution in [3.05, 3.63) is 42.1 Å². The van der Waals surface area contributed by atoms with E-state index < -0.39 is 10.0 Å². The number of anilines is 2. The number of hydrogen-bond donors (Lipinski definition) is 1. The minimum atomic E-state index is -3.67. The van der Waals surface area contributed by atoms with E-state index >= 15 is 0 Å². The predicted molar refractivity (Wildman–Crippen MR) is 97.5 cm³/mol. The summed E-state index contributed by atoms with van der Waals surface area (Å²) < 4.78 is 29.1. The van der Waals surface area contributed by atoms with Gasteiger partial charge in [-0.15, -0.1) is 0 Å². The largest absolute Gasteiger partial charge is 0.369 e. The number of nitrogens with two attached hydrogens (primary N) is 1. The summed E-state index contributed by atoms with van der Waals surface area (Å²) in [4.78, 5) is 6.60. The summed E-state index contributed by atoms with van der Waals surface area (Å²) >= 11 is 0. The average Bonchev–Trinajstić information content (AvgIpc) is 3.25. The number of aryl methyl sites for hydroxylation is 1. The van der Waals surface area contributed by atoms with Crippen molar-refractivity contribution >= 4 is 27.5 Å². The summed E-state index contributed by atoms with van der Waals surface area (Å²) in [6, 6.07) is 9.26. The Morgan fingerprint density at radius 1 is 1.28 bits per heavy atom. The zero-order chi connectivity index (χ0) is 17.8. The molecule has 4 rings (SSSR count). The average molecular weight is 359 g/mol. The van der Waals surface area contributed by atoms with E-state index in [1.165, 1.54) is 4.31 Å². The Labute approximate surface area is 147 Å². The lowest BCUT2D eigenvalue weighted by Crippen LogP contribution is -2.39. The number of aliphatic imine (C=N–C) groups is 1. The van der Waals surface area contributed by atoms with Crippen LogP contribution in [0.25, 0.3) is 0 Å². The third kappa shape index (κ3) is 2.48. The zero-order valence-electron chi connectivity index (χ0n) is 14.3. The summed E-state index contributed by atoms with van der Waals surface area (Å²) in [6.45, 7) is 2.98. The quantitative estimate of drug-likeness (QED) is 0.898. The highest BCUT2D eigenvalue weighted by atomic mass is 32.2. The van der Waals surface area contributed by atoms with Gasteiger partial charge in [0.05, 0.1) is 17.5 Å². The van der Waals surface area contributed by atoms with Crippen LogP contribution in [0.2, 0.25) is 0 Å². The van der Waals surface area contributed by atoms with Crippen molar-refractivity contribution in [1.82, 2.24) is 8.87 Å². The molecule has 0 spiro atoms. The summed E-state index contributed by atoms with van der Waals surface area (Å²) in [6.07, 6.45) is 2.81. The lowest BCUT2D eigenvalue weighted by atomic mass is 10.2. The Kier molecular flexibility index (Phi) is 3.54. The van der Waals surface area contributed by atoms with Gasteiger partial charge < -0.3 is 15.2 Å². The van der Waals surface area contributed by atoms with Crippen molar-refractivity contribution in [2.24, 2.45) is 17.8 Å². The number of sulfonamides is 1. The Morgan fingerprint density at radius 3 is 2.72 bits per heavy atom. The molecular weight excluding hydrogens is 338 g/mol. The van der Waals surface area contributed by atoms with E-state index in [2.05, 4.69) is 20.5 Å². The maximum absolute atomic E-state index is 12.9. The first-order valence-corrected chi connectivity index (χ1v) is 9.70. The van der Waals surface area contributed by atoms with Crippen LogP contribution in [0.3, 0.4) is 0 Å². The van der Waals surface area contributed by atoms with Crippen LogP contribution in [0.1, 0.15) is 12.5 Å². The molecule has 0 bridgehead atoms. The third-order valence-electron chi connectivity index (χ3n) is 4.77. The summed E-state index contributed by atoms with van der Waals surface area (Å²) in [7, 11) is -1.67. The molecule has 2 aliphatic heterocycles. The molecule has 0 amide bonds. The van der Waals surface area contributed by atoms with Crippen LogP contribution >= 0.6 is 0 Å². The Morgan fingerprint density at radius 2 is 2.08 bits per heavy atom. The van der Waals surface area contributed by atoms with E-state index in [0.29, 0.717) is 6.54 Å². The first kappa shape index (κ1) is 16.0. The lowest BCUT2D eigenvalue weighted by Gasteiger charge is -2.21. The molecule has 1 aromatic heterocycles. The normalized spacial score (nSPS) is 20.1. The van der Waals surface area contributed by atoms with Crippen LogP contribution in [-0.4, -0.2) is 42.4 Å². The Hall–Kier alpha value is -2.48. The molecule has 0 radical (unpaired) electrons. The van der Waals surface area contributed by atoms with E-state index in [-0.39, 0.29) is 16.9 Å². The maximum atomic E-state index is 12.9. The van der Waals surface area contributed by atoms with Gasteiger partial charge in [0.15, 0.2) is 0 Å². The monoisotopic (exact) mass is 359 g/mol. The van der Waals surface area contributed by atoms with Crippen molar-refractivity contribution in [3.8, 4) is 0 Å². The van der Waals surface area contributed by atoms with Gasteiger partial charge in [-0.1, -0.05) is 0 Å². The molecule has 0 fully saturated rings. The van der Waals surface area contributed by atoms with E-state index in [1.807, 2.05) is 32.3 Å². The number of benzene rings is 1. The fourth-order valence-electron chi connectivity index (χ4n) is 3.52. The van der Waals surface area contributed by atoms with Gasteiger partial charge in [-0.3, -0.25) is 0 Å². The molecule has 0 aliphatic carbocycles. The molecule has 25 heavy (non-hydrogen) atoms. The second-order valence-electron chi connectivity index (χ2n) is 6.54. The van der Waals surface area contributed by atoms with Crippen LogP contribution in [0.5, 0.6) is 0 Å². The number of aromatic nitrogens is 1. The van der Waals surface area contributed by atoms with Crippen molar-refractivity contribution in [2.75, 3.05) is 18.0 Å². The number of guanidine groups is 1. The number of fused-ring (bicyclic) bond motifs is 1. The molecule has 1 aromatic carbocycles. The molecule has 0 saturated heterocycles. The Balaban J connectivity index is 1.69. The summed E-state index contributed by atoms with van der Waals surface area (Å²) in [5, 5.41) is 0. The highest BCUT2D eigenvalue weighted by molar-refractivity contribution is 7.89. The van der Waals surface area contributed by atoms with E-state index in [0.717, 1.165) is 30.0 Å². The fourth-order valence-corrected chi connectivity index (χ4v) is 5.01. The van der Waals surface area contributed by atoms with Crippen LogP contribution in [-0.2, 0) is 23.5 Å². The van der Waals surface area contributed by atoms with Crippen LogP contribution < -0.4 is 10.6 Å². The van der Waals surface area contributed by atoms with E-state index in [4.69, 9.17) is 5.73 Å². The minimum Gasteiger partial charge on any atom is -0.369 e. The van der Waals surface area contributed by atoms with Gasteiger partial charge in [0.25, 0.3) is 10.0 Å². The standard InChI is InChI=1S/C17H21N5O2S/c1-12-11-22(17(18)19-12)25(23,24)14-5-6-15-13(10-14)7-9-21(15)16-4-3-8-20(16)2/h3-6,8,10,12H,7,9,11H2,1-2H3,(H2,18,19). The zero-order valence-corrected chi connectivity index (χ0v) is 15.1. The van der Waals surface area contributed by atoms with Gasteiger partial charge in [0.1, 0.15) is 5.82 Å². The van der Waals surface area contributed by atoms with Crippen molar-refractivity contribution in [3.63, 3.8) is 0 Å². The smallest absolute Gasteiger partial charge is 0.266 e. The molecular formula is C17H21N5O2S. The second kappa shape index (κ2) is 5.52. The van der Waals surface area contributed by atoms with Crippen molar-refractivity contribution in [2.45, 2.75) is 24.3 Å². The molecule has 132 valence electrons. The molecule has 2 aromatic rings. The molecule has 8 heteroatoms. The van der Waals surface area contributed by atoms with Gasteiger partial charge in [-0.25, -0.2) is 17.7 Å². The van der Waals surface area contributed by atoms with Crippen LogP contribution in [0, 0.1) is 0 Å². The molecule has 3 heterocycles. The van der Waals surface area contributed by atoms with Crippen molar-refractivity contribution < 1.29 is 8.42 Å². The van der Waals surface area contributed by atoms with Gasteiger partial charge >= 0.3 is 0 Å². The topological polar surface area (TPSA) is 83.9 Å². The molecule has 2 aliphatic rings. The molecule has 1 atom stereocenters. The van der Waals surface area contributed by atoms with Crippen molar-refractivity contribution in [1.29, 1.82) is 0 Å². The molecule has 1 unspecified atom stereocenters. The van der Waals surface area contributed by atoms with E-state index in [9.17, 15) is 8.42 Å². The van der Waals surface area contributed by atoms with Crippen LogP contribution in [0.15, 0.2) is 46.4 Å². The number of nitrogens with zero attached hydrogens (tertiary/aromatic N) is 4. The second-order valence-corrected chi connectivity index (χ2v) is 8.40. The highest BCUT2D eigenvalue weighted by Gasteiger charge is 2.33.